The maximum Gasteiger partial charge on any atom is 0.389 e. The summed E-state index contributed by atoms with van der Waals surface area (Å²) >= 11 is 2.25. The van der Waals surface area contributed by atoms with Crippen LogP contribution in [0.1, 0.15) is 36.4 Å². The third kappa shape index (κ3) is 4.76. The second-order valence-corrected chi connectivity index (χ2v) is 5.41. The van der Waals surface area contributed by atoms with Gasteiger partial charge in [0.2, 0.25) is 0 Å². The first kappa shape index (κ1) is 15.8. The molecule has 0 saturated carbocycles. The van der Waals surface area contributed by atoms with Crippen LogP contribution < -0.4 is 5.32 Å². The number of hydrogen-bond donors (Lipinski definition) is 1. The molecule has 102 valence electrons. The number of benzene rings is 1. The van der Waals surface area contributed by atoms with Gasteiger partial charge in [-0.2, -0.15) is 13.2 Å². The molecule has 0 spiro atoms. The molecule has 1 aromatic carbocycles. The summed E-state index contributed by atoms with van der Waals surface area (Å²) in [5.74, 6) is 0. The molecule has 0 fully saturated rings. The number of halogens is 4. The average molecular weight is 371 g/mol. The van der Waals surface area contributed by atoms with E-state index in [1.54, 1.807) is 7.05 Å². The summed E-state index contributed by atoms with van der Waals surface area (Å²) in [4.78, 5) is 0. The first-order valence-electron chi connectivity index (χ1n) is 5.84. The van der Waals surface area contributed by atoms with Gasteiger partial charge in [0.25, 0.3) is 0 Å². The fourth-order valence-corrected chi connectivity index (χ4v) is 2.64. The van der Waals surface area contributed by atoms with E-state index in [2.05, 4.69) is 27.9 Å². The minimum Gasteiger partial charge on any atom is -0.313 e. The van der Waals surface area contributed by atoms with Crippen LogP contribution >= 0.6 is 22.6 Å². The number of nitrogens with one attached hydrogen (secondary N) is 1. The molecule has 0 aliphatic heterocycles. The zero-order chi connectivity index (χ0) is 13.8. The maximum absolute atomic E-state index is 12.1. The molecule has 0 aliphatic carbocycles. The summed E-state index contributed by atoms with van der Waals surface area (Å²) in [7, 11) is 1.79. The van der Waals surface area contributed by atoms with Gasteiger partial charge in [0.1, 0.15) is 0 Å². The summed E-state index contributed by atoms with van der Waals surface area (Å²) in [6, 6.07) is 5.91. The van der Waals surface area contributed by atoms with E-state index in [0.29, 0.717) is 6.42 Å². The van der Waals surface area contributed by atoms with Crippen molar-refractivity contribution in [3.63, 3.8) is 0 Å². The molecule has 1 unspecified atom stereocenters. The molecule has 0 aliphatic rings. The van der Waals surface area contributed by atoms with Gasteiger partial charge in [-0.15, -0.1) is 0 Å². The Morgan fingerprint density at radius 2 is 2.00 bits per heavy atom. The second-order valence-electron chi connectivity index (χ2n) is 4.33. The van der Waals surface area contributed by atoms with E-state index < -0.39 is 12.6 Å². The largest absolute Gasteiger partial charge is 0.389 e. The Morgan fingerprint density at radius 3 is 2.56 bits per heavy atom. The normalized spacial score (nSPS) is 13.7. The van der Waals surface area contributed by atoms with E-state index in [0.717, 1.165) is 14.7 Å². The van der Waals surface area contributed by atoms with E-state index in [-0.39, 0.29) is 12.5 Å². The molecule has 1 aromatic rings. The predicted molar refractivity (Wildman–Crippen MR) is 75.6 cm³/mol. The molecular weight excluding hydrogens is 354 g/mol. The van der Waals surface area contributed by atoms with Crippen molar-refractivity contribution in [3.05, 3.63) is 32.9 Å². The van der Waals surface area contributed by atoms with E-state index in [1.165, 1.54) is 0 Å². The highest BCUT2D eigenvalue weighted by Gasteiger charge is 2.27. The van der Waals surface area contributed by atoms with Gasteiger partial charge in [-0.05, 0) is 60.5 Å². The standard InChI is InChI=1S/C13H17F3IN/c1-9-5-3-6-10(12(9)17)11(18-2)7-4-8-13(14,15)16/h3,5-6,11,18H,4,7-8H2,1-2H3. The molecule has 1 atom stereocenters. The number of alkyl halides is 3. The summed E-state index contributed by atoms with van der Waals surface area (Å²) in [6.07, 6.45) is -4.12. The Balaban J connectivity index is 2.69. The van der Waals surface area contributed by atoms with Crippen molar-refractivity contribution in [1.29, 1.82) is 0 Å². The molecule has 1 nitrogen and oxygen atoms in total. The van der Waals surface area contributed by atoms with Crippen LogP contribution in [0.2, 0.25) is 0 Å². The van der Waals surface area contributed by atoms with Crippen LogP contribution in [-0.2, 0) is 0 Å². The van der Waals surface area contributed by atoms with Crippen molar-refractivity contribution >= 4 is 22.6 Å². The van der Waals surface area contributed by atoms with Gasteiger partial charge in [-0.25, -0.2) is 0 Å². The highest BCUT2D eigenvalue weighted by Crippen LogP contribution is 2.29. The average Bonchev–Trinajstić information content (AvgIpc) is 2.27. The Labute approximate surface area is 119 Å². The van der Waals surface area contributed by atoms with E-state index in [9.17, 15) is 13.2 Å². The fourth-order valence-electron chi connectivity index (χ4n) is 1.90. The molecule has 0 heterocycles. The van der Waals surface area contributed by atoms with Crippen molar-refractivity contribution in [1.82, 2.24) is 5.32 Å². The van der Waals surface area contributed by atoms with E-state index >= 15 is 0 Å². The summed E-state index contributed by atoms with van der Waals surface area (Å²) in [6.45, 7) is 2.01. The molecule has 1 N–H and O–H groups in total. The molecule has 0 saturated heterocycles. The lowest BCUT2D eigenvalue weighted by Gasteiger charge is -2.19. The zero-order valence-corrected chi connectivity index (χ0v) is 12.6. The van der Waals surface area contributed by atoms with Crippen LogP contribution in [-0.4, -0.2) is 13.2 Å². The van der Waals surface area contributed by atoms with Crippen LogP contribution in [0.4, 0.5) is 13.2 Å². The second kappa shape index (κ2) is 6.75. The van der Waals surface area contributed by atoms with Gasteiger partial charge in [0.05, 0.1) is 0 Å². The lowest BCUT2D eigenvalue weighted by Crippen LogP contribution is -2.19. The molecule has 1 rings (SSSR count). The topological polar surface area (TPSA) is 12.0 Å². The van der Waals surface area contributed by atoms with Crippen molar-refractivity contribution in [2.24, 2.45) is 0 Å². The molecule has 18 heavy (non-hydrogen) atoms. The molecule has 0 amide bonds. The van der Waals surface area contributed by atoms with Crippen LogP contribution in [0, 0.1) is 10.5 Å². The number of rotatable bonds is 5. The molecule has 0 aromatic heterocycles. The number of aryl methyl sites for hydroxylation is 1. The van der Waals surface area contributed by atoms with Crippen LogP contribution in [0.25, 0.3) is 0 Å². The number of hydrogen-bond acceptors (Lipinski definition) is 1. The first-order valence-corrected chi connectivity index (χ1v) is 6.92. The Morgan fingerprint density at radius 1 is 1.33 bits per heavy atom. The molecule has 5 heteroatoms. The Hall–Kier alpha value is -0.300. The summed E-state index contributed by atoms with van der Waals surface area (Å²) in [5.41, 5.74) is 2.24. The highest BCUT2D eigenvalue weighted by molar-refractivity contribution is 14.1. The minimum absolute atomic E-state index is 0.0147. The van der Waals surface area contributed by atoms with Crippen molar-refractivity contribution in [2.75, 3.05) is 7.05 Å². The van der Waals surface area contributed by atoms with Crippen LogP contribution in [0.15, 0.2) is 18.2 Å². The van der Waals surface area contributed by atoms with Gasteiger partial charge < -0.3 is 5.32 Å². The highest BCUT2D eigenvalue weighted by atomic mass is 127. The van der Waals surface area contributed by atoms with Gasteiger partial charge in [0, 0.05) is 16.0 Å². The van der Waals surface area contributed by atoms with Gasteiger partial charge in [-0.3, -0.25) is 0 Å². The van der Waals surface area contributed by atoms with E-state index in [4.69, 9.17) is 0 Å². The smallest absolute Gasteiger partial charge is 0.313 e. The van der Waals surface area contributed by atoms with Gasteiger partial charge in [0.15, 0.2) is 0 Å². The molecular formula is C13H17F3IN. The van der Waals surface area contributed by atoms with Gasteiger partial charge in [-0.1, -0.05) is 18.2 Å². The lowest BCUT2D eigenvalue weighted by atomic mass is 9.99. The quantitative estimate of drug-likeness (QED) is 0.747. The Bertz CT molecular complexity index is 390. The zero-order valence-electron chi connectivity index (χ0n) is 10.4. The monoisotopic (exact) mass is 371 g/mol. The third-order valence-electron chi connectivity index (χ3n) is 2.90. The maximum atomic E-state index is 12.1. The van der Waals surface area contributed by atoms with Crippen LogP contribution in [0.5, 0.6) is 0 Å². The Kier molecular flexibility index (Phi) is 5.91. The molecule has 0 bridgehead atoms. The predicted octanol–water partition coefficient (Wildman–Crippen LogP) is 4.59. The molecule has 0 radical (unpaired) electrons. The fraction of sp³-hybridized carbons (Fsp3) is 0.538. The van der Waals surface area contributed by atoms with Gasteiger partial charge >= 0.3 is 6.18 Å². The van der Waals surface area contributed by atoms with E-state index in [1.807, 2.05) is 25.1 Å². The van der Waals surface area contributed by atoms with Crippen molar-refractivity contribution in [2.45, 2.75) is 38.4 Å². The first-order chi connectivity index (χ1) is 8.35. The van der Waals surface area contributed by atoms with Crippen LogP contribution in [0.3, 0.4) is 0 Å². The third-order valence-corrected chi connectivity index (χ3v) is 4.37. The van der Waals surface area contributed by atoms with Crippen molar-refractivity contribution in [3.8, 4) is 0 Å². The lowest BCUT2D eigenvalue weighted by molar-refractivity contribution is -0.135. The summed E-state index contributed by atoms with van der Waals surface area (Å²) < 4.78 is 37.5. The SMILES string of the molecule is CNC(CCCC(F)(F)F)c1cccc(C)c1I. The minimum atomic E-state index is -4.06. The summed E-state index contributed by atoms with van der Waals surface area (Å²) in [5, 5.41) is 3.10. The van der Waals surface area contributed by atoms with Crippen molar-refractivity contribution < 1.29 is 13.2 Å².